The number of nitrogens with zero attached hydrogens (tertiary/aromatic N) is 2. The fourth-order valence-corrected chi connectivity index (χ4v) is 3.21. The molecule has 21 heavy (non-hydrogen) atoms. The van der Waals surface area contributed by atoms with Crippen molar-refractivity contribution in [1.82, 2.24) is 10.1 Å². The molecule has 1 heterocycles. The first kappa shape index (κ1) is 14.3. The maximum absolute atomic E-state index is 6.05. The van der Waals surface area contributed by atoms with Crippen LogP contribution in [0.1, 0.15) is 61.4 Å². The van der Waals surface area contributed by atoms with Gasteiger partial charge in [0.2, 0.25) is 5.89 Å². The van der Waals surface area contributed by atoms with Gasteiger partial charge in [0.15, 0.2) is 5.82 Å². The van der Waals surface area contributed by atoms with Gasteiger partial charge in [-0.3, -0.25) is 0 Å². The predicted octanol–water partition coefficient (Wildman–Crippen LogP) is 3.21. The average molecular weight is 285 g/mol. The van der Waals surface area contributed by atoms with Crippen LogP contribution < -0.4 is 5.73 Å². The molecule has 1 aliphatic rings. The Kier molecular flexibility index (Phi) is 4.34. The van der Waals surface area contributed by atoms with E-state index in [1.54, 1.807) is 0 Å². The van der Waals surface area contributed by atoms with Crippen molar-refractivity contribution >= 4 is 0 Å². The van der Waals surface area contributed by atoms with Crippen LogP contribution in [0, 0.1) is 0 Å². The monoisotopic (exact) mass is 285 g/mol. The molecule has 2 aromatic rings. The molecule has 0 saturated carbocycles. The summed E-state index contributed by atoms with van der Waals surface area (Å²) in [6.07, 6.45) is 6.17. The Morgan fingerprint density at radius 2 is 2.24 bits per heavy atom. The molecule has 0 radical (unpaired) electrons. The number of aryl methyl sites for hydroxylation is 1. The zero-order chi connectivity index (χ0) is 14.7. The Bertz CT molecular complexity index is 593. The minimum atomic E-state index is 0.113. The van der Waals surface area contributed by atoms with Crippen molar-refractivity contribution in [3.05, 3.63) is 47.1 Å². The topological polar surface area (TPSA) is 64.9 Å². The smallest absolute Gasteiger partial charge is 0.228 e. The van der Waals surface area contributed by atoms with Crippen LogP contribution in [0.2, 0.25) is 0 Å². The molecule has 0 spiro atoms. The van der Waals surface area contributed by atoms with Crippen LogP contribution in [-0.2, 0) is 12.8 Å². The lowest BCUT2D eigenvalue weighted by Gasteiger charge is -2.22. The Hall–Kier alpha value is -1.68. The highest BCUT2D eigenvalue weighted by Crippen LogP contribution is 2.35. The van der Waals surface area contributed by atoms with E-state index in [0.29, 0.717) is 12.3 Å². The summed E-state index contributed by atoms with van der Waals surface area (Å²) >= 11 is 0. The highest BCUT2D eigenvalue weighted by Gasteiger charge is 2.25. The summed E-state index contributed by atoms with van der Waals surface area (Å²) in [5, 5.41) is 4.21. The molecule has 0 amide bonds. The van der Waals surface area contributed by atoms with Crippen LogP contribution in [0.25, 0.3) is 0 Å². The minimum Gasteiger partial charge on any atom is -0.339 e. The number of fused-ring (bicyclic) bond motifs is 1. The number of hydrogen-bond acceptors (Lipinski definition) is 4. The van der Waals surface area contributed by atoms with E-state index in [-0.39, 0.29) is 12.0 Å². The SMILES string of the molecule is CCCC(N)Cc1nc(C2CCCc3ccccc32)no1. The van der Waals surface area contributed by atoms with Gasteiger partial charge in [0.05, 0.1) is 0 Å². The second-order valence-electron chi connectivity index (χ2n) is 5.94. The van der Waals surface area contributed by atoms with Crippen LogP contribution in [0.4, 0.5) is 0 Å². The van der Waals surface area contributed by atoms with E-state index in [4.69, 9.17) is 10.3 Å². The lowest BCUT2D eigenvalue weighted by molar-refractivity contribution is 0.358. The summed E-state index contributed by atoms with van der Waals surface area (Å²) in [4.78, 5) is 4.60. The van der Waals surface area contributed by atoms with E-state index in [0.717, 1.165) is 31.5 Å². The quantitative estimate of drug-likeness (QED) is 0.916. The third kappa shape index (κ3) is 3.16. The highest BCUT2D eigenvalue weighted by molar-refractivity contribution is 5.36. The molecule has 112 valence electrons. The fourth-order valence-electron chi connectivity index (χ4n) is 3.21. The Labute approximate surface area is 125 Å². The maximum atomic E-state index is 6.05. The van der Waals surface area contributed by atoms with Crippen LogP contribution >= 0.6 is 0 Å². The van der Waals surface area contributed by atoms with Gasteiger partial charge in [-0.2, -0.15) is 4.98 Å². The van der Waals surface area contributed by atoms with Crippen LogP contribution in [0.5, 0.6) is 0 Å². The van der Waals surface area contributed by atoms with E-state index < -0.39 is 0 Å². The Balaban J connectivity index is 1.78. The first-order chi connectivity index (χ1) is 10.3. The van der Waals surface area contributed by atoms with Gasteiger partial charge in [-0.05, 0) is 36.8 Å². The summed E-state index contributed by atoms with van der Waals surface area (Å²) in [6, 6.07) is 8.71. The molecule has 0 bridgehead atoms. The van der Waals surface area contributed by atoms with Crippen molar-refractivity contribution in [2.45, 2.75) is 57.4 Å². The molecule has 1 aromatic carbocycles. The number of nitrogens with two attached hydrogens (primary N) is 1. The first-order valence-electron chi connectivity index (χ1n) is 7.93. The fraction of sp³-hybridized carbons (Fsp3) is 0.529. The van der Waals surface area contributed by atoms with Crippen LogP contribution in [0.15, 0.2) is 28.8 Å². The van der Waals surface area contributed by atoms with Crippen molar-refractivity contribution in [3.63, 3.8) is 0 Å². The third-order valence-electron chi connectivity index (χ3n) is 4.26. The van der Waals surface area contributed by atoms with E-state index in [1.165, 1.54) is 17.5 Å². The van der Waals surface area contributed by atoms with Gasteiger partial charge in [0.1, 0.15) is 0 Å². The Morgan fingerprint density at radius 1 is 1.38 bits per heavy atom. The summed E-state index contributed by atoms with van der Waals surface area (Å²) in [5.41, 5.74) is 8.83. The molecular weight excluding hydrogens is 262 g/mol. The van der Waals surface area contributed by atoms with Gasteiger partial charge < -0.3 is 10.3 Å². The molecule has 0 saturated heterocycles. The molecule has 0 aliphatic heterocycles. The van der Waals surface area contributed by atoms with Crippen LogP contribution in [0.3, 0.4) is 0 Å². The molecule has 1 aliphatic carbocycles. The standard InChI is InChI=1S/C17H23N3O/c1-2-6-13(18)11-16-19-17(20-21-16)15-10-5-8-12-7-3-4-9-14(12)15/h3-4,7,9,13,15H,2,5-6,8,10-11,18H2,1H3. The van der Waals surface area contributed by atoms with Gasteiger partial charge in [-0.25, -0.2) is 0 Å². The van der Waals surface area contributed by atoms with Gasteiger partial charge in [0, 0.05) is 18.4 Å². The minimum absolute atomic E-state index is 0.113. The average Bonchev–Trinajstić information content (AvgIpc) is 2.95. The molecule has 2 N–H and O–H groups in total. The Morgan fingerprint density at radius 3 is 3.10 bits per heavy atom. The summed E-state index contributed by atoms with van der Waals surface area (Å²) in [7, 11) is 0. The van der Waals surface area contributed by atoms with Crippen molar-refractivity contribution < 1.29 is 4.52 Å². The van der Waals surface area contributed by atoms with Crippen molar-refractivity contribution in [3.8, 4) is 0 Å². The van der Waals surface area contributed by atoms with Gasteiger partial charge >= 0.3 is 0 Å². The number of hydrogen-bond donors (Lipinski definition) is 1. The second-order valence-corrected chi connectivity index (χ2v) is 5.94. The second kappa shape index (κ2) is 6.39. The van der Waals surface area contributed by atoms with Crippen molar-refractivity contribution in [2.75, 3.05) is 0 Å². The molecule has 1 aromatic heterocycles. The predicted molar refractivity (Wildman–Crippen MR) is 82.1 cm³/mol. The normalized spacial score (nSPS) is 19.2. The molecule has 2 unspecified atom stereocenters. The van der Waals surface area contributed by atoms with E-state index >= 15 is 0 Å². The van der Waals surface area contributed by atoms with E-state index in [9.17, 15) is 0 Å². The lowest BCUT2D eigenvalue weighted by atomic mass is 9.82. The summed E-state index contributed by atoms with van der Waals surface area (Å²) < 4.78 is 5.41. The zero-order valence-electron chi connectivity index (χ0n) is 12.6. The van der Waals surface area contributed by atoms with Gasteiger partial charge in [0.25, 0.3) is 0 Å². The van der Waals surface area contributed by atoms with E-state index in [1.807, 2.05) is 0 Å². The number of benzene rings is 1. The molecule has 4 heteroatoms. The maximum Gasteiger partial charge on any atom is 0.228 e. The van der Waals surface area contributed by atoms with Crippen molar-refractivity contribution in [2.24, 2.45) is 5.73 Å². The zero-order valence-corrected chi connectivity index (χ0v) is 12.6. The summed E-state index contributed by atoms with van der Waals surface area (Å²) in [6.45, 7) is 2.14. The molecule has 4 nitrogen and oxygen atoms in total. The molecular formula is C17H23N3O. The first-order valence-corrected chi connectivity index (χ1v) is 7.93. The number of aromatic nitrogens is 2. The molecule has 3 rings (SSSR count). The number of rotatable bonds is 5. The van der Waals surface area contributed by atoms with Gasteiger partial charge in [-0.15, -0.1) is 0 Å². The highest BCUT2D eigenvalue weighted by atomic mass is 16.5. The van der Waals surface area contributed by atoms with Gasteiger partial charge in [-0.1, -0.05) is 42.8 Å². The summed E-state index contributed by atoms with van der Waals surface area (Å²) in [5.74, 6) is 1.77. The molecule has 0 fully saturated rings. The molecule has 2 atom stereocenters. The lowest BCUT2D eigenvalue weighted by Crippen LogP contribution is -2.22. The largest absolute Gasteiger partial charge is 0.339 e. The van der Waals surface area contributed by atoms with Crippen molar-refractivity contribution in [1.29, 1.82) is 0 Å². The van der Waals surface area contributed by atoms with Crippen LogP contribution in [-0.4, -0.2) is 16.2 Å². The third-order valence-corrected chi connectivity index (χ3v) is 4.26. The van der Waals surface area contributed by atoms with E-state index in [2.05, 4.69) is 41.3 Å².